The molecule has 116 valence electrons. The molecule has 5 nitrogen and oxygen atoms in total. The molecule has 0 radical (unpaired) electrons. The molecule has 3 rings (SSSR count). The number of pyridine rings is 2. The molecular formula is C18H17N3O2. The van der Waals surface area contributed by atoms with Crippen LogP contribution in [0, 0.1) is 6.92 Å². The quantitative estimate of drug-likeness (QED) is 0.781. The zero-order chi connectivity index (χ0) is 16.4. The fourth-order valence-electron chi connectivity index (χ4n) is 2.39. The van der Waals surface area contributed by atoms with Crippen molar-refractivity contribution in [1.29, 1.82) is 0 Å². The van der Waals surface area contributed by atoms with Crippen LogP contribution in [0.3, 0.4) is 0 Å². The van der Waals surface area contributed by atoms with Gasteiger partial charge >= 0.3 is 0 Å². The Balaban J connectivity index is 1.92. The van der Waals surface area contributed by atoms with Crippen LogP contribution in [0.2, 0.25) is 0 Å². The molecule has 2 heterocycles. The maximum atomic E-state index is 12.5. The minimum Gasteiger partial charge on any atom is -0.345 e. The predicted molar refractivity (Wildman–Crippen MR) is 90.9 cm³/mol. The van der Waals surface area contributed by atoms with E-state index in [1.807, 2.05) is 31.2 Å². The number of H-pyrrole nitrogens is 1. The summed E-state index contributed by atoms with van der Waals surface area (Å²) in [4.78, 5) is 32.0. The fraction of sp³-hybridized carbons (Fsp3) is 0.167. The summed E-state index contributed by atoms with van der Waals surface area (Å²) in [5, 5.41) is 3.15. The van der Waals surface area contributed by atoms with E-state index in [2.05, 4.69) is 22.2 Å². The molecule has 0 saturated carbocycles. The highest BCUT2D eigenvalue weighted by Gasteiger charge is 2.13. The summed E-state index contributed by atoms with van der Waals surface area (Å²) in [5.41, 5.74) is 2.89. The Labute approximate surface area is 133 Å². The molecule has 0 atom stereocenters. The number of aryl methyl sites for hydroxylation is 2. The first-order valence-electron chi connectivity index (χ1n) is 7.48. The van der Waals surface area contributed by atoms with Gasteiger partial charge in [0.05, 0.1) is 5.39 Å². The van der Waals surface area contributed by atoms with Crippen LogP contribution >= 0.6 is 0 Å². The van der Waals surface area contributed by atoms with Gasteiger partial charge in [0, 0.05) is 17.6 Å². The number of amides is 1. The third-order valence-corrected chi connectivity index (χ3v) is 3.74. The van der Waals surface area contributed by atoms with E-state index >= 15 is 0 Å². The maximum Gasteiger partial charge on any atom is 0.261 e. The lowest BCUT2D eigenvalue weighted by atomic mass is 10.1. The van der Waals surface area contributed by atoms with Gasteiger partial charge in [-0.2, -0.15) is 0 Å². The summed E-state index contributed by atoms with van der Waals surface area (Å²) in [6, 6.07) is 11.0. The molecule has 1 aromatic carbocycles. The third kappa shape index (κ3) is 2.99. The van der Waals surface area contributed by atoms with E-state index in [-0.39, 0.29) is 11.0 Å². The molecule has 5 heteroatoms. The van der Waals surface area contributed by atoms with Crippen molar-refractivity contribution in [3.8, 4) is 0 Å². The van der Waals surface area contributed by atoms with Crippen molar-refractivity contribution >= 4 is 22.6 Å². The van der Waals surface area contributed by atoms with Crippen molar-refractivity contribution in [2.45, 2.75) is 20.3 Å². The molecule has 2 aromatic heterocycles. The van der Waals surface area contributed by atoms with E-state index in [1.54, 1.807) is 12.1 Å². The number of nitrogens with one attached hydrogen (secondary N) is 2. The minimum atomic E-state index is -0.432. The van der Waals surface area contributed by atoms with E-state index in [0.717, 1.165) is 12.1 Å². The predicted octanol–water partition coefficient (Wildman–Crippen LogP) is 3.05. The first-order valence-corrected chi connectivity index (χ1v) is 7.48. The second kappa shape index (κ2) is 6.04. The van der Waals surface area contributed by atoms with Crippen LogP contribution in [-0.2, 0) is 6.42 Å². The SMILES string of the molecule is CCc1ccc(NC(=O)c2c[nH]c3nc(C)ccc3c2=O)cc1. The molecule has 0 bridgehead atoms. The highest BCUT2D eigenvalue weighted by molar-refractivity contribution is 6.05. The smallest absolute Gasteiger partial charge is 0.261 e. The van der Waals surface area contributed by atoms with Gasteiger partial charge in [-0.05, 0) is 43.2 Å². The molecule has 0 saturated heterocycles. The zero-order valence-corrected chi connectivity index (χ0v) is 13.0. The molecule has 3 aromatic rings. The lowest BCUT2D eigenvalue weighted by molar-refractivity contribution is 0.102. The Morgan fingerprint density at radius 1 is 1.17 bits per heavy atom. The van der Waals surface area contributed by atoms with Crippen molar-refractivity contribution in [2.24, 2.45) is 0 Å². The molecule has 0 unspecified atom stereocenters. The lowest BCUT2D eigenvalue weighted by Gasteiger charge is -2.07. The molecule has 1 amide bonds. The van der Waals surface area contributed by atoms with Crippen LogP contribution < -0.4 is 10.7 Å². The summed E-state index contributed by atoms with van der Waals surface area (Å²) in [6.45, 7) is 3.91. The van der Waals surface area contributed by atoms with Gasteiger partial charge in [0.2, 0.25) is 5.43 Å². The van der Waals surface area contributed by atoms with Gasteiger partial charge in [0.25, 0.3) is 5.91 Å². The van der Waals surface area contributed by atoms with Crippen LogP contribution in [0.25, 0.3) is 11.0 Å². The van der Waals surface area contributed by atoms with Crippen molar-refractivity contribution < 1.29 is 4.79 Å². The van der Waals surface area contributed by atoms with E-state index in [0.29, 0.717) is 16.7 Å². The average Bonchev–Trinajstić information content (AvgIpc) is 2.55. The summed E-state index contributed by atoms with van der Waals surface area (Å²) < 4.78 is 0. The summed E-state index contributed by atoms with van der Waals surface area (Å²) in [5.74, 6) is -0.432. The topological polar surface area (TPSA) is 74.8 Å². The number of fused-ring (bicyclic) bond motifs is 1. The fourth-order valence-corrected chi connectivity index (χ4v) is 2.39. The highest BCUT2D eigenvalue weighted by Crippen LogP contribution is 2.12. The zero-order valence-electron chi connectivity index (χ0n) is 13.0. The maximum absolute atomic E-state index is 12.5. The number of benzene rings is 1. The second-order valence-corrected chi connectivity index (χ2v) is 5.38. The largest absolute Gasteiger partial charge is 0.345 e. The van der Waals surface area contributed by atoms with Crippen LogP contribution in [-0.4, -0.2) is 15.9 Å². The van der Waals surface area contributed by atoms with Gasteiger partial charge < -0.3 is 10.3 Å². The Morgan fingerprint density at radius 3 is 2.61 bits per heavy atom. The summed E-state index contributed by atoms with van der Waals surface area (Å²) in [7, 11) is 0. The summed E-state index contributed by atoms with van der Waals surface area (Å²) in [6.07, 6.45) is 2.35. The molecule has 0 fully saturated rings. The van der Waals surface area contributed by atoms with Crippen LogP contribution in [0.15, 0.2) is 47.4 Å². The molecule has 0 aliphatic heterocycles. The lowest BCUT2D eigenvalue weighted by Crippen LogP contribution is -2.22. The average molecular weight is 307 g/mol. The van der Waals surface area contributed by atoms with Gasteiger partial charge in [0.1, 0.15) is 11.2 Å². The second-order valence-electron chi connectivity index (χ2n) is 5.38. The monoisotopic (exact) mass is 307 g/mol. The highest BCUT2D eigenvalue weighted by atomic mass is 16.2. The van der Waals surface area contributed by atoms with Crippen molar-refractivity contribution in [3.63, 3.8) is 0 Å². The van der Waals surface area contributed by atoms with Crippen molar-refractivity contribution in [3.05, 3.63) is 69.6 Å². The van der Waals surface area contributed by atoms with Crippen molar-refractivity contribution in [1.82, 2.24) is 9.97 Å². The number of carbonyl (C=O) groups is 1. The molecule has 23 heavy (non-hydrogen) atoms. The van der Waals surface area contributed by atoms with E-state index in [1.165, 1.54) is 11.8 Å². The normalized spacial score (nSPS) is 10.7. The number of hydrogen-bond acceptors (Lipinski definition) is 3. The third-order valence-electron chi connectivity index (χ3n) is 3.74. The van der Waals surface area contributed by atoms with Gasteiger partial charge in [-0.1, -0.05) is 19.1 Å². The Bertz CT molecular complexity index is 927. The van der Waals surface area contributed by atoms with E-state index < -0.39 is 5.91 Å². The minimum absolute atomic E-state index is 0.0720. The molecule has 0 aliphatic carbocycles. The van der Waals surface area contributed by atoms with Gasteiger partial charge in [-0.3, -0.25) is 9.59 Å². The first-order chi connectivity index (χ1) is 11.1. The Morgan fingerprint density at radius 2 is 1.91 bits per heavy atom. The van der Waals surface area contributed by atoms with E-state index in [4.69, 9.17) is 0 Å². The first kappa shape index (κ1) is 15.0. The van der Waals surface area contributed by atoms with Crippen molar-refractivity contribution in [2.75, 3.05) is 5.32 Å². The number of aromatic nitrogens is 2. The van der Waals surface area contributed by atoms with Crippen LogP contribution in [0.5, 0.6) is 0 Å². The number of aromatic amines is 1. The molecule has 0 aliphatic rings. The van der Waals surface area contributed by atoms with Gasteiger partial charge in [-0.15, -0.1) is 0 Å². The standard InChI is InChI=1S/C18H17N3O2/c1-3-12-5-7-13(8-6-12)21-18(23)15-10-19-17-14(16(15)22)9-4-11(2)20-17/h4-10H,3H2,1-2H3,(H,21,23)(H,19,20,22). The van der Waals surface area contributed by atoms with Gasteiger partial charge in [-0.25, -0.2) is 4.98 Å². The number of rotatable bonds is 3. The molecule has 2 N–H and O–H groups in total. The molecular weight excluding hydrogens is 290 g/mol. The van der Waals surface area contributed by atoms with E-state index in [9.17, 15) is 9.59 Å². The molecule has 0 spiro atoms. The number of hydrogen-bond donors (Lipinski definition) is 2. The van der Waals surface area contributed by atoms with Gasteiger partial charge in [0.15, 0.2) is 0 Å². The number of carbonyl (C=O) groups excluding carboxylic acids is 1. The van der Waals surface area contributed by atoms with Crippen LogP contribution in [0.1, 0.15) is 28.5 Å². The summed E-state index contributed by atoms with van der Waals surface area (Å²) >= 11 is 0. The number of anilines is 1. The Kier molecular flexibility index (Phi) is 3.93. The Hall–Kier alpha value is -2.95. The van der Waals surface area contributed by atoms with Crippen LogP contribution in [0.4, 0.5) is 5.69 Å². The number of nitrogens with zero attached hydrogens (tertiary/aromatic N) is 1.